The summed E-state index contributed by atoms with van der Waals surface area (Å²) in [7, 11) is 2.30. The summed E-state index contributed by atoms with van der Waals surface area (Å²) >= 11 is 1.96. The Kier molecular flexibility index (Phi) is 7.92. The van der Waals surface area contributed by atoms with Gasteiger partial charge in [-0.25, -0.2) is 0 Å². The van der Waals surface area contributed by atoms with Gasteiger partial charge in [-0.05, 0) is 57.4 Å². The lowest BCUT2D eigenvalue weighted by molar-refractivity contribution is 0.0788. The van der Waals surface area contributed by atoms with Crippen molar-refractivity contribution in [3.63, 3.8) is 0 Å². The summed E-state index contributed by atoms with van der Waals surface area (Å²) in [5.74, 6) is 2.04. The fourth-order valence-electron chi connectivity index (χ4n) is 3.64. The molecule has 1 N–H and O–H groups in total. The molecular formula is C17H36N2S. The maximum Gasteiger partial charge on any atom is 0.0159 e. The second kappa shape index (κ2) is 8.65. The molecule has 1 saturated carbocycles. The molecule has 20 heavy (non-hydrogen) atoms. The highest BCUT2D eigenvalue weighted by Gasteiger charge is 2.38. The molecule has 1 fully saturated rings. The van der Waals surface area contributed by atoms with Gasteiger partial charge in [0.25, 0.3) is 0 Å². The largest absolute Gasteiger partial charge is 0.313 e. The molecule has 3 atom stereocenters. The Balaban J connectivity index is 2.63. The smallest absolute Gasteiger partial charge is 0.0159 e. The summed E-state index contributed by atoms with van der Waals surface area (Å²) in [6.45, 7) is 11.9. The third-order valence-electron chi connectivity index (χ3n) is 5.01. The molecule has 0 saturated heterocycles. The van der Waals surface area contributed by atoms with Gasteiger partial charge in [-0.1, -0.05) is 27.2 Å². The molecule has 1 rings (SSSR count). The van der Waals surface area contributed by atoms with Crippen LogP contribution in [0.15, 0.2) is 0 Å². The number of rotatable bonds is 8. The van der Waals surface area contributed by atoms with Crippen molar-refractivity contribution in [3.05, 3.63) is 0 Å². The van der Waals surface area contributed by atoms with Crippen LogP contribution >= 0.6 is 11.8 Å². The minimum atomic E-state index is 0.446. The summed E-state index contributed by atoms with van der Waals surface area (Å²) in [4.78, 5) is 2.57. The zero-order valence-corrected chi connectivity index (χ0v) is 15.4. The second-order valence-electron chi connectivity index (χ2n) is 7.32. The highest BCUT2D eigenvalue weighted by atomic mass is 32.2. The molecule has 0 aromatic carbocycles. The van der Waals surface area contributed by atoms with Crippen molar-refractivity contribution in [2.45, 2.75) is 65.5 Å². The molecule has 0 radical (unpaired) electrons. The average molecular weight is 301 g/mol. The molecule has 0 bridgehead atoms. The lowest BCUT2D eigenvalue weighted by Crippen LogP contribution is -2.53. The number of nitrogens with one attached hydrogen (secondary N) is 1. The van der Waals surface area contributed by atoms with Crippen LogP contribution in [-0.2, 0) is 0 Å². The SMILES string of the molecule is CCCNC1C(CN(C)C(C)CSC)CCCC1(C)C. The minimum absolute atomic E-state index is 0.446. The standard InChI is InChI=1S/C17H36N2S/c1-7-11-18-16-15(9-8-10-17(16,3)4)12-19(5)14(2)13-20-6/h14-16,18H,7-13H2,1-6H3. The van der Waals surface area contributed by atoms with Crippen LogP contribution in [0, 0.1) is 11.3 Å². The van der Waals surface area contributed by atoms with Gasteiger partial charge in [-0.15, -0.1) is 0 Å². The van der Waals surface area contributed by atoms with Crippen molar-refractivity contribution in [2.75, 3.05) is 32.1 Å². The number of thioether (sulfide) groups is 1. The molecule has 1 aliphatic carbocycles. The van der Waals surface area contributed by atoms with E-state index in [0.29, 0.717) is 17.5 Å². The third-order valence-corrected chi connectivity index (χ3v) is 5.82. The lowest BCUT2D eigenvalue weighted by atomic mass is 9.67. The first kappa shape index (κ1) is 18.3. The highest BCUT2D eigenvalue weighted by molar-refractivity contribution is 7.98. The molecule has 120 valence electrons. The lowest BCUT2D eigenvalue weighted by Gasteiger charge is -2.46. The van der Waals surface area contributed by atoms with Crippen LogP contribution in [0.5, 0.6) is 0 Å². The molecule has 1 aliphatic rings. The quantitative estimate of drug-likeness (QED) is 0.732. The first-order valence-electron chi connectivity index (χ1n) is 8.35. The summed E-state index contributed by atoms with van der Waals surface area (Å²) in [6, 6.07) is 1.36. The molecule has 0 heterocycles. The van der Waals surface area contributed by atoms with Crippen molar-refractivity contribution in [1.29, 1.82) is 0 Å². The Labute approximate surface area is 131 Å². The van der Waals surface area contributed by atoms with Crippen LogP contribution in [0.4, 0.5) is 0 Å². The van der Waals surface area contributed by atoms with Crippen LogP contribution in [-0.4, -0.2) is 49.1 Å². The van der Waals surface area contributed by atoms with Crippen molar-refractivity contribution in [1.82, 2.24) is 10.2 Å². The maximum atomic E-state index is 3.86. The van der Waals surface area contributed by atoms with Gasteiger partial charge in [0.2, 0.25) is 0 Å². The van der Waals surface area contributed by atoms with Gasteiger partial charge >= 0.3 is 0 Å². The molecular weight excluding hydrogens is 264 g/mol. The van der Waals surface area contributed by atoms with E-state index in [1.54, 1.807) is 0 Å². The van der Waals surface area contributed by atoms with E-state index in [0.717, 1.165) is 12.5 Å². The Morgan fingerprint density at radius 3 is 2.70 bits per heavy atom. The molecule has 2 nitrogen and oxygen atoms in total. The van der Waals surface area contributed by atoms with Crippen LogP contribution in [0.25, 0.3) is 0 Å². The van der Waals surface area contributed by atoms with Crippen LogP contribution in [0.3, 0.4) is 0 Å². The molecule has 0 aliphatic heterocycles. The van der Waals surface area contributed by atoms with Gasteiger partial charge in [-0.2, -0.15) is 11.8 Å². The van der Waals surface area contributed by atoms with Crippen LogP contribution < -0.4 is 5.32 Å². The Morgan fingerprint density at radius 1 is 1.40 bits per heavy atom. The van der Waals surface area contributed by atoms with E-state index in [4.69, 9.17) is 0 Å². The van der Waals surface area contributed by atoms with Gasteiger partial charge in [0, 0.05) is 24.4 Å². The first-order valence-corrected chi connectivity index (χ1v) is 9.74. The minimum Gasteiger partial charge on any atom is -0.313 e. The summed E-state index contributed by atoms with van der Waals surface area (Å²) in [6.07, 6.45) is 7.60. The van der Waals surface area contributed by atoms with Crippen LogP contribution in [0.2, 0.25) is 0 Å². The summed E-state index contributed by atoms with van der Waals surface area (Å²) in [5.41, 5.74) is 0.446. The summed E-state index contributed by atoms with van der Waals surface area (Å²) < 4.78 is 0. The average Bonchev–Trinajstić information content (AvgIpc) is 2.37. The fraction of sp³-hybridized carbons (Fsp3) is 1.00. The monoisotopic (exact) mass is 300 g/mol. The zero-order chi connectivity index (χ0) is 15.2. The van der Waals surface area contributed by atoms with Gasteiger partial charge < -0.3 is 10.2 Å². The topological polar surface area (TPSA) is 15.3 Å². The fourth-order valence-corrected chi connectivity index (χ4v) is 4.37. The van der Waals surface area contributed by atoms with E-state index in [1.807, 2.05) is 11.8 Å². The maximum absolute atomic E-state index is 3.86. The van der Waals surface area contributed by atoms with Crippen molar-refractivity contribution in [2.24, 2.45) is 11.3 Å². The van der Waals surface area contributed by atoms with Crippen LogP contribution in [0.1, 0.15) is 53.4 Å². The van der Waals surface area contributed by atoms with E-state index in [1.165, 1.54) is 38.0 Å². The van der Waals surface area contributed by atoms with Crippen molar-refractivity contribution >= 4 is 11.8 Å². The zero-order valence-electron chi connectivity index (χ0n) is 14.5. The highest BCUT2D eigenvalue weighted by Crippen LogP contribution is 2.39. The number of nitrogens with zero attached hydrogens (tertiary/aromatic N) is 1. The van der Waals surface area contributed by atoms with E-state index < -0.39 is 0 Å². The number of hydrogen-bond acceptors (Lipinski definition) is 3. The van der Waals surface area contributed by atoms with Gasteiger partial charge in [-0.3, -0.25) is 0 Å². The molecule has 0 amide bonds. The van der Waals surface area contributed by atoms with Gasteiger partial charge in [0.1, 0.15) is 0 Å². The van der Waals surface area contributed by atoms with Crippen molar-refractivity contribution < 1.29 is 0 Å². The molecule has 0 aromatic rings. The predicted molar refractivity (Wildman–Crippen MR) is 93.7 cm³/mol. The normalized spacial score (nSPS) is 27.8. The Hall–Kier alpha value is 0.270. The van der Waals surface area contributed by atoms with E-state index >= 15 is 0 Å². The summed E-state index contributed by atoms with van der Waals surface area (Å²) in [5, 5.41) is 3.86. The molecule has 3 unspecified atom stereocenters. The molecule has 3 heteroatoms. The Bertz CT molecular complexity index is 268. The van der Waals surface area contributed by atoms with E-state index in [-0.39, 0.29) is 0 Å². The first-order chi connectivity index (χ1) is 9.42. The van der Waals surface area contributed by atoms with E-state index in [9.17, 15) is 0 Å². The molecule has 0 spiro atoms. The third kappa shape index (κ3) is 5.23. The predicted octanol–water partition coefficient (Wildman–Crippen LogP) is 3.86. The van der Waals surface area contributed by atoms with E-state index in [2.05, 4.69) is 51.2 Å². The Morgan fingerprint density at radius 2 is 2.10 bits per heavy atom. The molecule has 0 aromatic heterocycles. The number of hydrogen-bond donors (Lipinski definition) is 1. The van der Waals surface area contributed by atoms with Gasteiger partial charge in [0.15, 0.2) is 0 Å². The van der Waals surface area contributed by atoms with Gasteiger partial charge in [0.05, 0.1) is 0 Å². The van der Waals surface area contributed by atoms with Crippen molar-refractivity contribution in [3.8, 4) is 0 Å². The second-order valence-corrected chi connectivity index (χ2v) is 8.23.